The summed E-state index contributed by atoms with van der Waals surface area (Å²) in [5.41, 5.74) is 1.51. The lowest BCUT2D eigenvalue weighted by molar-refractivity contribution is 0.0983. The highest BCUT2D eigenvalue weighted by atomic mass is 35.5. The van der Waals surface area contributed by atoms with E-state index in [1.165, 1.54) is 6.20 Å². The van der Waals surface area contributed by atoms with Gasteiger partial charge in [0.2, 0.25) is 0 Å². The molecule has 0 unspecified atom stereocenters. The standard InChI is InChI=1S/C15H14ClNO2/c1-3-14(18)13-7-5-11(9-17-13)19-15-8-10(2)4-6-12(15)16/h4-9H,3H2,1-2H3. The number of halogens is 1. The largest absolute Gasteiger partial charge is 0.454 e. The van der Waals surface area contributed by atoms with Crippen molar-refractivity contribution < 1.29 is 9.53 Å². The van der Waals surface area contributed by atoms with E-state index in [4.69, 9.17) is 16.3 Å². The lowest BCUT2D eigenvalue weighted by atomic mass is 10.2. The van der Waals surface area contributed by atoms with Crippen molar-refractivity contribution in [2.24, 2.45) is 0 Å². The van der Waals surface area contributed by atoms with E-state index in [-0.39, 0.29) is 5.78 Å². The van der Waals surface area contributed by atoms with Crippen molar-refractivity contribution in [1.29, 1.82) is 0 Å². The molecule has 0 saturated carbocycles. The summed E-state index contributed by atoms with van der Waals surface area (Å²) < 4.78 is 5.65. The number of rotatable bonds is 4. The zero-order valence-electron chi connectivity index (χ0n) is 10.8. The van der Waals surface area contributed by atoms with Crippen molar-refractivity contribution in [3.8, 4) is 11.5 Å². The topological polar surface area (TPSA) is 39.2 Å². The highest BCUT2D eigenvalue weighted by Gasteiger charge is 2.07. The fourth-order valence-electron chi connectivity index (χ4n) is 1.60. The minimum absolute atomic E-state index is 0.0140. The van der Waals surface area contributed by atoms with Gasteiger partial charge < -0.3 is 4.74 Å². The summed E-state index contributed by atoms with van der Waals surface area (Å²) in [6.07, 6.45) is 1.97. The number of carbonyl (C=O) groups is 1. The molecule has 0 saturated heterocycles. The smallest absolute Gasteiger partial charge is 0.180 e. The van der Waals surface area contributed by atoms with Crippen LogP contribution in [-0.2, 0) is 0 Å². The minimum atomic E-state index is 0.0140. The molecule has 0 aliphatic carbocycles. The van der Waals surface area contributed by atoms with Crippen LogP contribution in [0.15, 0.2) is 36.5 Å². The van der Waals surface area contributed by atoms with Crippen molar-refractivity contribution >= 4 is 17.4 Å². The fraction of sp³-hybridized carbons (Fsp3) is 0.200. The summed E-state index contributed by atoms with van der Waals surface area (Å²) in [5.74, 6) is 1.15. The first-order valence-electron chi connectivity index (χ1n) is 6.03. The van der Waals surface area contributed by atoms with Gasteiger partial charge in [0, 0.05) is 6.42 Å². The SMILES string of the molecule is CCC(=O)c1ccc(Oc2cc(C)ccc2Cl)cn1. The molecule has 0 radical (unpaired) electrons. The Labute approximate surface area is 117 Å². The predicted molar refractivity (Wildman–Crippen MR) is 75.1 cm³/mol. The number of hydrogen-bond donors (Lipinski definition) is 0. The van der Waals surface area contributed by atoms with E-state index in [0.29, 0.717) is 28.6 Å². The molecule has 4 heteroatoms. The molecule has 2 aromatic rings. The Hall–Kier alpha value is -1.87. The molecule has 2 rings (SSSR count). The molecule has 0 fully saturated rings. The summed E-state index contributed by atoms with van der Waals surface area (Å²) in [4.78, 5) is 15.5. The fourth-order valence-corrected chi connectivity index (χ4v) is 1.76. The van der Waals surface area contributed by atoms with Crippen molar-refractivity contribution in [2.45, 2.75) is 20.3 Å². The zero-order valence-corrected chi connectivity index (χ0v) is 11.6. The predicted octanol–water partition coefficient (Wildman–Crippen LogP) is 4.43. The van der Waals surface area contributed by atoms with Crippen LogP contribution in [0.25, 0.3) is 0 Å². The van der Waals surface area contributed by atoms with Crippen molar-refractivity contribution in [3.63, 3.8) is 0 Å². The van der Waals surface area contributed by atoms with E-state index in [9.17, 15) is 4.79 Å². The Kier molecular flexibility index (Phi) is 4.17. The van der Waals surface area contributed by atoms with E-state index in [2.05, 4.69) is 4.98 Å². The van der Waals surface area contributed by atoms with Crippen LogP contribution in [-0.4, -0.2) is 10.8 Å². The van der Waals surface area contributed by atoms with Gasteiger partial charge in [-0.2, -0.15) is 0 Å². The monoisotopic (exact) mass is 275 g/mol. The molecular formula is C15H14ClNO2. The van der Waals surface area contributed by atoms with Gasteiger partial charge in [0.25, 0.3) is 0 Å². The van der Waals surface area contributed by atoms with Gasteiger partial charge >= 0.3 is 0 Å². The molecule has 0 spiro atoms. The third kappa shape index (κ3) is 3.32. The second kappa shape index (κ2) is 5.85. The second-order valence-electron chi connectivity index (χ2n) is 4.19. The highest BCUT2D eigenvalue weighted by Crippen LogP contribution is 2.29. The molecule has 0 N–H and O–H groups in total. The molecule has 1 aromatic carbocycles. The number of carbonyl (C=O) groups excluding carboxylic acids is 1. The number of ketones is 1. The summed E-state index contributed by atoms with van der Waals surface area (Å²) >= 11 is 6.05. The Bertz CT molecular complexity index is 594. The normalized spacial score (nSPS) is 10.3. The molecule has 98 valence electrons. The van der Waals surface area contributed by atoms with Gasteiger partial charge in [0.15, 0.2) is 5.78 Å². The number of hydrogen-bond acceptors (Lipinski definition) is 3. The molecule has 1 aromatic heterocycles. The molecule has 0 atom stereocenters. The Morgan fingerprint density at radius 2 is 2.11 bits per heavy atom. The first-order chi connectivity index (χ1) is 9.10. The summed E-state index contributed by atoms with van der Waals surface area (Å²) in [6, 6.07) is 8.93. The number of benzene rings is 1. The molecule has 19 heavy (non-hydrogen) atoms. The Morgan fingerprint density at radius 1 is 1.32 bits per heavy atom. The average Bonchev–Trinajstić information content (AvgIpc) is 2.43. The van der Waals surface area contributed by atoms with Gasteiger partial charge in [-0.25, -0.2) is 4.98 Å². The van der Waals surface area contributed by atoms with Gasteiger partial charge in [-0.3, -0.25) is 4.79 Å². The molecule has 1 heterocycles. The van der Waals surface area contributed by atoms with Crippen LogP contribution in [0.2, 0.25) is 5.02 Å². The molecular weight excluding hydrogens is 262 g/mol. The van der Waals surface area contributed by atoms with Crippen LogP contribution >= 0.6 is 11.6 Å². The van der Waals surface area contributed by atoms with E-state index in [0.717, 1.165) is 5.56 Å². The maximum atomic E-state index is 11.5. The van der Waals surface area contributed by atoms with E-state index >= 15 is 0 Å². The van der Waals surface area contributed by atoms with Crippen molar-refractivity contribution in [2.75, 3.05) is 0 Å². The number of pyridine rings is 1. The Morgan fingerprint density at radius 3 is 2.74 bits per heavy atom. The van der Waals surface area contributed by atoms with Crippen LogP contribution in [0.5, 0.6) is 11.5 Å². The van der Waals surface area contributed by atoms with Gasteiger partial charge in [0.1, 0.15) is 17.2 Å². The molecule has 0 aliphatic heterocycles. The number of aryl methyl sites for hydroxylation is 1. The minimum Gasteiger partial charge on any atom is -0.454 e. The van der Waals surface area contributed by atoms with E-state index < -0.39 is 0 Å². The first kappa shape index (κ1) is 13.6. The van der Waals surface area contributed by atoms with Gasteiger partial charge in [0.05, 0.1) is 11.2 Å². The summed E-state index contributed by atoms with van der Waals surface area (Å²) in [5, 5.41) is 0.541. The molecule has 0 aliphatic rings. The van der Waals surface area contributed by atoms with Crippen LogP contribution < -0.4 is 4.74 Å². The first-order valence-corrected chi connectivity index (χ1v) is 6.41. The van der Waals surface area contributed by atoms with Crippen LogP contribution in [0, 0.1) is 6.92 Å². The average molecular weight is 276 g/mol. The third-order valence-electron chi connectivity index (χ3n) is 2.66. The number of aromatic nitrogens is 1. The van der Waals surface area contributed by atoms with Crippen LogP contribution in [0.3, 0.4) is 0 Å². The van der Waals surface area contributed by atoms with Crippen molar-refractivity contribution in [3.05, 3.63) is 52.8 Å². The second-order valence-corrected chi connectivity index (χ2v) is 4.60. The quantitative estimate of drug-likeness (QED) is 0.775. The van der Waals surface area contributed by atoms with Gasteiger partial charge in [-0.05, 0) is 36.8 Å². The number of nitrogens with zero attached hydrogens (tertiary/aromatic N) is 1. The van der Waals surface area contributed by atoms with E-state index in [1.807, 2.05) is 19.1 Å². The highest BCUT2D eigenvalue weighted by molar-refractivity contribution is 6.32. The number of ether oxygens (including phenoxy) is 1. The third-order valence-corrected chi connectivity index (χ3v) is 2.97. The van der Waals surface area contributed by atoms with Gasteiger partial charge in [-0.15, -0.1) is 0 Å². The molecule has 3 nitrogen and oxygen atoms in total. The van der Waals surface area contributed by atoms with Gasteiger partial charge in [-0.1, -0.05) is 24.6 Å². The lowest BCUT2D eigenvalue weighted by Crippen LogP contribution is -1.99. The van der Waals surface area contributed by atoms with Crippen molar-refractivity contribution in [1.82, 2.24) is 4.98 Å². The number of Topliss-reactive ketones (excluding diaryl/α,β-unsaturated/α-hetero) is 1. The summed E-state index contributed by atoms with van der Waals surface area (Å²) in [6.45, 7) is 3.77. The maximum Gasteiger partial charge on any atom is 0.180 e. The lowest BCUT2D eigenvalue weighted by Gasteiger charge is -2.08. The molecule has 0 amide bonds. The maximum absolute atomic E-state index is 11.5. The van der Waals surface area contributed by atoms with Crippen LogP contribution in [0.4, 0.5) is 0 Å². The van der Waals surface area contributed by atoms with Crippen LogP contribution in [0.1, 0.15) is 29.4 Å². The molecule has 0 bridgehead atoms. The summed E-state index contributed by atoms with van der Waals surface area (Å²) in [7, 11) is 0. The van der Waals surface area contributed by atoms with E-state index in [1.54, 1.807) is 25.1 Å². The zero-order chi connectivity index (χ0) is 13.8. The Balaban J connectivity index is 2.19.